The van der Waals surface area contributed by atoms with Gasteiger partial charge < -0.3 is 4.74 Å². The van der Waals surface area contributed by atoms with Crippen molar-refractivity contribution in [1.29, 1.82) is 0 Å². The number of methoxy groups -OCH3 is 1. The predicted octanol–water partition coefficient (Wildman–Crippen LogP) is 2.72. The molecule has 0 aromatic carbocycles. The van der Waals surface area contributed by atoms with Crippen LogP contribution >= 0.6 is 27.3 Å². The number of ether oxygens (including phenoxy) is 1. The fourth-order valence-electron chi connectivity index (χ4n) is 1.52. The van der Waals surface area contributed by atoms with Crippen LogP contribution in [0.1, 0.15) is 23.8 Å². The highest BCUT2D eigenvalue weighted by molar-refractivity contribution is 9.10. The molecule has 1 aromatic rings. The van der Waals surface area contributed by atoms with Gasteiger partial charge in [-0.1, -0.05) is 0 Å². The molecule has 16 heavy (non-hydrogen) atoms. The molecule has 3 nitrogen and oxygen atoms in total. The summed E-state index contributed by atoms with van der Waals surface area (Å²) < 4.78 is 5.80. The molecule has 1 aromatic heterocycles. The molecule has 1 atom stereocenters. The van der Waals surface area contributed by atoms with Gasteiger partial charge in [0.1, 0.15) is 6.04 Å². The second-order valence-electron chi connectivity index (χ2n) is 3.94. The van der Waals surface area contributed by atoms with Crippen molar-refractivity contribution in [3.63, 3.8) is 0 Å². The third-order valence-corrected chi connectivity index (χ3v) is 4.59. The first kappa shape index (κ1) is 12.1. The van der Waals surface area contributed by atoms with E-state index in [1.807, 2.05) is 11.4 Å². The van der Waals surface area contributed by atoms with Crippen LogP contribution in [0.25, 0.3) is 0 Å². The van der Waals surface area contributed by atoms with Gasteiger partial charge in [-0.05, 0) is 52.7 Å². The minimum absolute atomic E-state index is 0.219. The van der Waals surface area contributed by atoms with Crippen LogP contribution in [-0.2, 0) is 9.53 Å². The fourth-order valence-corrected chi connectivity index (χ4v) is 3.18. The van der Waals surface area contributed by atoms with Crippen molar-refractivity contribution in [2.75, 3.05) is 13.7 Å². The zero-order chi connectivity index (χ0) is 11.5. The van der Waals surface area contributed by atoms with E-state index >= 15 is 0 Å². The Labute approximate surface area is 107 Å². The minimum atomic E-state index is -0.333. The van der Waals surface area contributed by atoms with Gasteiger partial charge in [0.2, 0.25) is 0 Å². The Morgan fingerprint density at radius 2 is 2.50 bits per heavy atom. The lowest BCUT2D eigenvalue weighted by atomic mass is 10.2. The number of carbonyl (C=O) groups is 1. The molecule has 5 heteroatoms. The summed E-state index contributed by atoms with van der Waals surface area (Å²) in [6.45, 7) is 0.893. The summed E-state index contributed by atoms with van der Waals surface area (Å²) in [4.78, 5) is 12.7. The van der Waals surface area contributed by atoms with E-state index in [2.05, 4.69) is 21.2 Å². The van der Waals surface area contributed by atoms with E-state index < -0.39 is 0 Å². The van der Waals surface area contributed by atoms with Gasteiger partial charge in [-0.3, -0.25) is 5.32 Å². The molecular formula is C11H14BrNO2S. The average molecular weight is 304 g/mol. The van der Waals surface area contributed by atoms with Crippen LogP contribution in [0.5, 0.6) is 0 Å². The molecule has 1 heterocycles. The molecule has 0 bridgehead atoms. The highest BCUT2D eigenvalue weighted by Gasteiger charge is 2.28. The summed E-state index contributed by atoms with van der Waals surface area (Å²) in [5.74, 6) is 0.523. The van der Waals surface area contributed by atoms with Crippen LogP contribution in [0.2, 0.25) is 0 Å². The Kier molecular flexibility index (Phi) is 4.00. The van der Waals surface area contributed by atoms with Crippen molar-refractivity contribution in [3.05, 3.63) is 20.8 Å². The van der Waals surface area contributed by atoms with Gasteiger partial charge in [0.25, 0.3) is 0 Å². The second kappa shape index (κ2) is 5.29. The van der Waals surface area contributed by atoms with Crippen LogP contribution in [0.15, 0.2) is 15.9 Å². The summed E-state index contributed by atoms with van der Waals surface area (Å²) in [5, 5.41) is 5.25. The average Bonchev–Trinajstić information content (AvgIpc) is 3.02. The topological polar surface area (TPSA) is 38.3 Å². The zero-order valence-electron chi connectivity index (χ0n) is 9.03. The number of halogens is 1. The van der Waals surface area contributed by atoms with Gasteiger partial charge in [0.15, 0.2) is 0 Å². The normalized spacial score (nSPS) is 17.1. The number of esters is 1. The van der Waals surface area contributed by atoms with Crippen molar-refractivity contribution in [2.45, 2.75) is 18.9 Å². The maximum Gasteiger partial charge on any atom is 0.328 e. The lowest BCUT2D eigenvalue weighted by molar-refractivity contribution is -0.143. The van der Waals surface area contributed by atoms with Crippen LogP contribution in [0.3, 0.4) is 0 Å². The zero-order valence-corrected chi connectivity index (χ0v) is 11.4. The molecule has 0 amide bonds. The lowest BCUT2D eigenvalue weighted by Crippen LogP contribution is -2.30. The van der Waals surface area contributed by atoms with E-state index in [-0.39, 0.29) is 12.0 Å². The van der Waals surface area contributed by atoms with Crippen molar-refractivity contribution in [2.24, 2.45) is 5.92 Å². The number of rotatable bonds is 5. The quantitative estimate of drug-likeness (QED) is 0.850. The number of nitrogens with one attached hydrogen (secondary N) is 1. The summed E-state index contributed by atoms with van der Waals surface area (Å²) in [5.41, 5.74) is 0. The largest absolute Gasteiger partial charge is 0.468 e. The summed E-state index contributed by atoms with van der Waals surface area (Å²) in [6.07, 6.45) is 2.54. The molecule has 1 N–H and O–H groups in total. The summed E-state index contributed by atoms with van der Waals surface area (Å²) in [6, 6.07) is 1.62. The van der Waals surface area contributed by atoms with E-state index in [1.165, 1.54) is 20.0 Å². The van der Waals surface area contributed by atoms with Gasteiger partial charge in [-0.15, -0.1) is 11.3 Å². The molecule has 0 saturated heterocycles. The number of hydrogen-bond acceptors (Lipinski definition) is 4. The van der Waals surface area contributed by atoms with Gasteiger partial charge in [0, 0.05) is 9.35 Å². The second-order valence-corrected chi connectivity index (χ2v) is 5.74. The molecule has 1 saturated carbocycles. The Morgan fingerprint density at radius 3 is 3.00 bits per heavy atom. The molecule has 0 radical (unpaired) electrons. The first-order valence-corrected chi connectivity index (χ1v) is 6.93. The van der Waals surface area contributed by atoms with Crippen LogP contribution in [-0.4, -0.2) is 19.6 Å². The van der Waals surface area contributed by atoms with E-state index in [0.29, 0.717) is 0 Å². The van der Waals surface area contributed by atoms with Crippen LogP contribution < -0.4 is 5.32 Å². The Hall–Kier alpha value is -0.390. The van der Waals surface area contributed by atoms with Crippen molar-refractivity contribution in [1.82, 2.24) is 5.32 Å². The summed E-state index contributed by atoms with van der Waals surface area (Å²) in [7, 11) is 1.43. The van der Waals surface area contributed by atoms with E-state index in [4.69, 9.17) is 4.74 Å². The lowest BCUT2D eigenvalue weighted by Gasteiger charge is -2.15. The molecule has 0 spiro atoms. The van der Waals surface area contributed by atoms with Gasteiger partial charge in [-0.25, -0.2) is 4.79 Å². The van der Waals surface area contributed by atoms with Crippen molar-refractivity contribution >= 4 is 33.2 Å². The van der Waals surface area contributed by atoms with Crippen molar-refractivity contribution < 1.29 is 9.53 Å². The Balaban J connectivity index is 2.06. The van der Waals surface area contributed by atoms with E-state index in [1.54, 1.807) is 11.3 Å². The number of carbonyl (C=O) groups excluding carboxylic acids is 1. The number of hydrogen-bond donors (Lipinski definition) is 1. The highest BCUT2D eigenvalue weighted by atomic mass is 79.9. The minimum Gasteiger partial charge on any atom is -0.468 e. The molecule has 88 valence electrons. The van der Waals surface area contributed by atoms with Gasteiger partial charge >= 0.3 is 5.97 Å². The smallest absolute Gasteiger partial charge is 0.328 e. The van der Waals surface area contributed by atoms with Gasteiger partial charge in [0.05, 0.1) is 7.11 Å². The monoisotopic (exact) mass is 303 g/mol. The van der Waals surface area contributed by atoms with Gasteiger partial charge in [-0.2, -0.15) is 0 Å². The molecule has 1 aliphatic carbocycles. The third kappa shape index (κ3) is 2.84. The predicted molar refractivity (Wildman–Crippen MR) is 67.5 cm³/mol. The summed E-state index contributed by atoms with van der Waals surface area (Å²) >= 11 is 5.01. The molecule has 0 aliphatic heterocycles. The fraction of sp³-hybridized carbons (Fsp3) is 0.545. The maximum atomic E-state index is 11.7. The first-order chi connectivity index (χ1) is 7.72. The standard InChI is InChI=1S/C11H14BrNO2S/c1-15-11(14)9(13-6-7-2-3-7)10-8(12)4-5-16-10/h4-5,7,9,13H,2-3,6H2,1H3. The van der Waals surface area contributed by atoms with Crippen LogP contribution in [0, 0.1) is 5.92 Å². The molecule has 1 unspecified atom stereocenters. The van der Waals surface area contributed by atoms with Crippen molar-refractivity contribution in [3.8, 4) is 0 Å². The SMILES string of the molecule is COC(=O)C(NCC1CC1)c1sccc1Br. The number of thiophene rings is 1. The molecule has 2 rings (SSSR count). The Bertz CT molecular complexity index is 376. The molecule has 1 aliphatic rings. The van der Waals surface area contributed by atoms with E-state index in [0.717, 1.165) is 21.8 Å². The first-order valence-electron chi connectivity index (χ1n) is 5.26. The Morgan fingerprint density at radius 1 is 1.75 bits per heavy atom. The molecule has 1 fully saturated rings. The molecular weight excluding hydrogens is 290 g/mol. The van der Waals surface area contributed by atoms with E-state index in [9.17, 15) is 4.79 Å². The third-order valence-electron chi connectivity index (χ3n) is 2.65. The highest BCUT2D eigenvalue weighted by Crippen LogP contribution is 2.32. The maximum absolute atomic E-state index is 11.7. The van der Waals surface area contributed by atoms with Crippen LogP contribution in [0.4, 0.5) is 0 Å².